The molecule has 0 atom stereocenters. The van der Waals surface area contributed by atoms with Crippen LogP contribution in [-0.2, 0) is 5.41 Å². The van der Waals surface area contributed by atoms with Crippen LogP contribution in [0.25, 0.3) is 0 Å². The maximum atomic E-state index is 11.3. The van der Waals surface area contributed by atoms with Crippen molar-refractivity contribution in [1.29, 1.82) is 0 Å². The van der Waals surface area contributed by atoms with Gasteiger partial charge in [-0.15, -0.1) is 0 Å². The van der Waals surface area contributed by atoms with Gasteiger partial charge < -0.3 is 19.7 Å². The summed E-state index contributed by atoms with van der Waals surface area (Å²) in [5.41, 5.74) is 0.366. The van der Waals surface area contributed by atoms with Crippen molar-refractivity contribution in [3.05, 3.63) is 66.2 Å². The van der Waals surface area contributed by atoms with Crippen LogP contribution in [0.4, 0.5) is 0 Å². The fraction of sp³-hybridized carbons (Fsp3) is 0.250. The minimum Gasteiger partial charge on any atom is -0.508 e. The van der Waals surface area contributed by atoms with Gasteiger partial charge in [-0.1, -0.05) is 57.2 Å². The quantitative estimate of drug-likeness (QED) is 0.490. The number of para-hydroxylation sites is 2. The average Bonchev–Trinajstić information content (AvgIpc) is 2.70. The van der Waals surface area contributed by atoms with Gasteiger partial charge in [-0.05, 0) is 37.6 Å². The molecule has 29 heavy (non-hydrogen) atoms. The summed E-state index contributed by atoms with van der Waals surface area (Å²) >= 11 is 0. The van der Waals surface area contributed by atoms with Crippen LogP contribution in [0, 0.1) is 0 Å². The summed E-state index contributed by atoms with van der Waals surface area (Å²) in [5, 5.41) is 24.4. The van der Waals surface area contributed by atoms with Crippen molar-refractivity contribution in [2.75, 3.05) is 14.2 Å². The fourth-order valence-electron chi connectivity index (χ4n) is 3.36. The number of aromatic hydroxyl groups is 2. The van der Waals surface area contributed by atoms with E-state index in [0.29, 0.717) is 10.9 Å². The van der Waals surface area contributed by atoms with Crippen LogP contribution >= 0.6 is 7.92 Å². The lowest BCUT2D eigenvalue weighted by Gasteiger charge is -2.27. The Labute approximate surface area is 173 Å². The van der Waals surface area contributed by atoms with Gasteiger partial charge in [0.15, 0.2) is 0 Å². The van der Waals surface area contributed by atoms with E-state index < -0.39 is 7.92 Å². The second-order valence-electron chi connectivity index (χ2n) is 7.79. The van der Waals surface area contributed by atoms with Crippen LogP contribution in [0.2, 0.25) is 0 Å². The molecule has 0 bridgehead atoms. The predicted octanol–water partition coefficient (Wildman–Crippen LogP) is 4.17. The van der Waals surface area contributed by atoms with E-state index in [4.69, 9.17) is 9.47 Å². The molecule has 3 rings (SSSR count). The molecule has 0 radical (unpaired) electrons. The third-order valence-corrected chi connectivity index (χ3v) is 7.30. The zero-order valence-corrected chi connectivity index (χ0v) is 18.3. The standard InChI is InChI=1S/C24H27O4P/c1-24(2,3)17-14-16(25)15-22(23(17)26)29(20-12-8-6-10-18(20)27-4)21-13-9-7-11-19(21)28-5/h6-15,25-26H,1-5H3. The summed E-state index contributed by atoms with van der Waals surface area (Å²) in [4.78, 5) is 0. The Morgan fingerprint density at radius 3 is 1.66 bits per heavy atom. The molecular weight excluding hydrogens is 383 g/mol. The minimum absolute atomic E-state index is 0.125. The lowest BCUT2D eigenvalue weighted by atomic mass is 9.86. The van der Waals surface area contributed by atoms with Crippen LogP contribution < -0.4 is 25.4 Å². The molecule has 3 aromatic carbocycles. The van der Waals surface area contributed by atoms with Gasteiger partial charge >= 0.3 is 0 Å². The van der Waals surface area contributed by atoms with Crippen LogP contribution in [0.1, 0.15) is 26.3 Å². The molecule has 5 heteroatoms. The van der Waals surface area contributed by atoms with E-state index in [1.807, 2.05) is 69.3 Å². The Kier molecular flexibility index (Phi) is 6.04. The summed E-state index contributed by atoms with van der Waals surface area (Å²) in [6.07, 6.45) is 0. The van der Waals surface area contributed by atoms with Crippen molar-refractivity contribution in [2.45, 2.75) is 26.2 Å². The lowest BCUT2D eigenvalue weighted by molar-refractivity contribution is 0.417. The molecule has 0 aliphatic heterocycles. The smallest absolute Gasteiger partial charge is 0.127 e. The van der Waals surface area contributed by atoms with Gasteiger partial charge in [0.25, 0.3) is 0 Å². The second kappa shape index (κ2) is 8.34. The van der Waals surface area contributed by atoms with E-state index in [9.17, 15) is 10.2 Å². The van der Waals surface area contributed by atoms with Crippen LogP contribution in [0.15, 0.2) is 60.7 Å². The van der Waals surface area contributed by atoms with Crippen molar-refractivity contribution in [1.82, 2.24) is 0 Å². The van der Waals surface area contributed by atoms with Gasteiger partial charge in [0.2, 0.25) is 0 Å². The highest BCUT2D eigenvalue weighted by Gasteiger charge is 2.30. The summed E-state index contributed by atoms with van der Waals surface area (Å²) in [5.74, 6) is 1.77. The Balaban J connectivity index is 2.38. The number of hydrogen-bond donors (Lipinski definition) is 2. The lowest BCUT2D eigenvalue weighted by Crippen LogP contribution is -2.25. The molecule has 0 amide bonds. The van der Waals surface area contributed by atoms with Crippen molar-refractivity contribution in [2.24, 2.45) is 0 Å². The van der Waals surface area contributed by atoms with E-state index in [2.05, 4.69) is 0 Å². The van der Waals surface area contributed by atoms with Gasteiger partial charge in [-0.3, -0.25) is 0 Å². The average molecular weight is 410 g/mol. The van der Waals surface area contributed by atoms with Crippen molar-refractivity contribution >= 4 is 23.8 Å². The number of methoxy groups -OCH3 is 2. The van der Waals surface area contributed by atoms with E-state index in [1.165, 1.54) is 0 Å². The summed E-state index contributed by atoms with van der Waals surface area (Å²) in [6.45, 7) is 6.04. The third kappa shape index (κ3) is 4.18. The van der Waals surface area contributed by atoms with Gasteiger partial charge in [0.1, 0.15) is 23.0 Å². The Hall–Kier alpha value is -2.71. The molecule has 0 saturated carbocycles. The SMILES string of the molecule is COc1ccccc1P(c1ccccc1OC)c1cc(O)cc(C(C)(C)C)c1O. The monoisotopic (exact) mass is 410 g/mol. The molecule has 2 N–H and O–H groups in total. The normalized spacial score (nSPS) is 11.5. The number of phenols is 2. The molecule has 0 heterocycles. The molecule has 0 saturated heterocycles. The number of rotatable bonds is 5. The van der Waals surface area contributed by atoms with E-state index in [-0.39, 0.29) is 16.9 Å². The van der Waals surface area contributed by atoms with Gasteiger partial charge in [0.05, 0.1) is 14.2 Å². The fourth-order valence-corrected chi connectivity index (χ4v) is 5.98. The maximum Gasteiger partial charge on any atom is 0.127 e. The van der Waals surface area contributed by atoms with Gasteiger partial charge in [-0.2, -0.15) is 0 Å². The number of ether oxygens (including phenoxy) is 2. The molecule has 0 aromatic heterocycles. The van der Waals surface area contributed by atoms with Crippen molar-refractivity contribution < 1.29 is 19.7 Å². The molecule has 0 aliphatic rings. The number of phenolic OH excluding ortho intramolecular Hbond substituents is 2. The van der Waals surface area contributed by atoms with Crippen LogP contribution in [0.3, 0.4) is 0 Å². The summed E-state index contributed by atoms with van der Waals surface area (Å²) in [6, 6.07) is 18.8. The topological polar surface area (TPSA) is 58.9 Å². The third-order valence-electron chi connectivity index (χ3n) is 4.78. The first kappa shape index (κ1) is 21.0. The Bertz CT molecular complexity index is 961. The van der Waals surface area contributed by atoms with Gasteiger partial charge in [-0.25, -0.2) is 0 Å². The number of benzene rings is 3. The molecule has 152 valence electrons. The highest BCUT2D eigenvalue weighted by Crippen LogP contribution is 2.45. The zero-order valence-electron chi connectivity index (χ0n) is 17.4. The van der Waals surface area contributed by atoms with E-state index in [0.717, 1.165) is 22.1 Å². The Morgan fingerprint density at radius 2 is 1.21 bits per heavy atom. The van der Waals surface area contributed by atoms with Crippen LogP contribution in [0.5, 0.6) is 23.0 Å². The number of hydrogen-bond acceptors (Lipinski definition) is 4. The van der Waals surface area contributed by atoms with E-state index in [1.54, 1.807) is 26.4 Å². The van der Waals surface area contributed by atoms with Crippen LogP contribution in [-0.4, -0.2) is 24.4 Å². The van der Waals surface area contributed by atoms with Crippen molar-refractivity contribution in [3.63, 3.8) is 0 Å². The molecule has 4 nitrogen and oxygen atoms in total. The molecular formula is C24H27O4P. The first-order valence-corrected chi connectivity index (χ1v) is 10.7. The first-order valence-electron chi connectivity index (χ1n) is 9.40. The van der Waals surface area contributed by atoms with E-state index >= 15 is 0 Å². The maximum absolute atomic E-state index is 11.3. The molecule has 0 unspecified atom stereocenters. The molecule has 0 aliphatic carbocycles. The molecule has 0 spiro atoms. The second-order valence-corrected chi connectivity index (χ2v) is 9.91. The largest absolute Gasteiger partial charge is 0.508 e. The molecule has 0 fully saturated rings. The van der Waals surface area contributed by atoms with Crippen molar-refractivity contribution in [3.8, 4) is 23.0 Å². The Morgan fingerprint density at radius 1 is 0.724 bits per heavy atom. The molecule has 3 aromatic rings. The highest BCUT2D eigenvalue weighted by atomic mass is 31.1. The summed E-state index contributed by atoms with van der Waals surface area (Å²) < 4.78 is 11.3. The van der Waals surface area contributed by atoms with Gasteiger partial charge in [0, 0.05) is 21.5 Å². The highest BCUT2D eigenvalue weighted by molar-refractivity contribution is 7.80. The summed E-state index contributed by atoms with van der Waals surface area (Å²) in [7, 11) is 2.01. The first-order chi connectivity index (χ1) is 13.8. The predicted molar refractivity (Wildman–Crippen MR) is 120 cm³/mol. The zero-order chi connectivity index (χ0) is 21.2. The minimum atomic E-state index is -1.26.